The van der Waals surface area contributed by atoms with Gasteiger partial charge in [0.15, 0.2) is 16.5 Å². The summed E-state index contributed by atoms with van der Waals surface area (Å²) in [5.74, 6) is -1.05. The van der Waals surface area contributed by atoms with Crippen molar-refractivity contribution in [1.29, 1.82) is 5.26 Å². The average molecular weight is 453 g/mol. The van der Waals surface area contributed by atoms with Gasteiger partial charge in [0, 0.05) is 11.7 Å². The Bertz CT molecular complexity index is 1320. The van der Waals surface area contributed by atoms with Gasteiger partial charge in [-0.1, -0.05) is 22.9 Å². The number of nitrogens with zero attached hydrogens (tertiary/aromatic N) is 5. The SMILES string of the molecule is CC1(NS(=O)(=O)c2cn3c(-c4nnc(C5(C#N)CC5)s4)cnc3c(Cl)c2F)CC1. The van der Waals surface area contributed by atoms with Crippen LogP contribution in [0.1, 0.15) is 37.6 Å². The smallest absolute Gasteiger partial charge is 0.245 e. The molecular weight excluding hydrogens is 439 g/mol. The normalized spacial score (nSPS) is 19.2. The molecule has 2 aliphatic carbocycles. The van der Waals surface area contributed by atoms with Gasteiger partial charge in [-0.05, 0) is 32.6 Å². The first-order valence-electron chi connectivity index (χ1n) is 8.83. The lowest BCUT2D eigenvalue weighted by atomic mass is 10.1. The number of pyridine rings is 1. The highest BCUT2D eigenvalue weighted by atomic mass is 35.5. The Kier molecular flexibility index (Phi) is 3.87. The van der Waals surface area contributed by atoms with Crippen LogP contribution >= 0.6 is 22.9 Å². The van der Waals surface area contributed by atoms with Gasteiger partial charge < -0.3 is 0 Å². The Morgan fingerprint density at radius 2 is 2.07 bits per heavy atom. The maximum absolute atomic E-state index is 14.8. The number of nitrogens with one attached hydrogen (secondary N) is 1. The highest BCUT2D eigenvalue weighted by Gasteiger charge is 2.48. The van der Waals surface area contributed by atoms with Gasteiger partial charge in [-0.15, -0.1) is 10.2 Å². The number of hydrogen-bond donors (Lipinski definition) is 1. The van der Waals surface area contributed by atoms with Crippen LogP contribution in [0.5, 0.6) is 0 Å². The quantitative estimate of drug-likeness (QED) is 0.636. The number of nitriles is 1. The van der Waals surface area contributed by atoms with Gasteiger partial charge in [0.1, 0.15) is 26.0 Å². The molecule has 5 rings (SSSR count). The standard InChI is InChI=1S/C17H14ClFN6O2S2/c1-16(2-3-16)24-29(26,27)10-7-25-9(6-21-13(25)11(18)12(10)19)14-22-23-15(28-14)17(8-20)4-5-17/h6-7,24H,2-5H2,1H3. The summed E-state index contributed by atoms with van der Waals surface area (Å²) < 4.78 is 44.2. The Morgan fingerprint density at radius 3 is 2.69 bits per heavy atom. The van der Waals surface area contributed by atoms with Crippen LogP contribution in [-0.2, 0) is 15.4 Å². The van der Waals surface area contributed by atoms with Gasteiger partial charge >= 0.3 is 0 Å². The summed E-state index contributed by atoms with van der Waals surface area (Å²) >= 11 is 7.34. The highest BCUT2D eigenvalue weighted by molar-refractivity contribution is 7.89. The first-order valence-corrected chi connectivity index (χ1v) is 11.5. The predicted octanol–water partition coefficient (Wildman–Crippen LogP) is 3.03. The Hall–Kier alpha value is -2.13. The topological polar surface area (TPSA) is 113 Å². The zero-order valence-corrected chi connectivity index (χ0v) is 17.5. The van der Waals surface area contributed by atoms with Crippen LogP contribution in [0.15, 0.2) is 17.3 Å². The molecule has 29 heavy (non-hydrogen) atoms. The molecule has 3 aromatic rings. The molecule has 0 atom stereocenters. The predicted molar refractivity (Wildman–Crippen MR) is 104 cm³/mol. The molecule has 0 aliphatic heterocycles. The Balaban J connectivity index is 1.64. The van der Waals surface area contributed by atoms with E-state index in [0.717, 1.165) is 19.0 Å². The molecule has 3 aromatic heterocycles. The molecule has 3 heterocycles. The molecule has 0 aromatic carbocycles. The van der Waals surface area contributed by atoms with E-state index in [2.05, 4.69) is 26.0 Å². The van der Waals surface area contributed by atoms with E-state index < -0.39 is 31.7 Å². The minimum absolute atomic E-state index is 0.0777. The largest absolute Gasteiger partial charge is 0.295 e. The molecule has 150 valence electrons. The molecule has 1 N–H and O–H groups in total. The zero-order valence-electron chi connectivity index (χ0n) is 15.1. The van der Waals surface area contributed by atoms with Gasteiger partial charge in [0.05, 0.1) is 12.3 Å². The van der Waals surface area contributed by atoms with Crippen molar-refractivity contribution in [1.82, 2.24) is 24.3 Å². The lowest BCUT2D eigenvalue weighted by Gasteiger charge is -2.14. The minimum atomic E-state index is -4.12. The Morgan fingerprint density at radius 1 is 1.34 bits per heavy atom. The first kappa shape index (κ1) is 18.9. The van der Waals surface area contributed by atoms with Gasteiger partial charge in [0.25, 0.3) is 0 Å². The summed E-state index contributed by atoms with van der Waals surface area (Å²) in [6.45, 7) is 1.76. The highest BCUT2D eigenvalue weighted by Crippen LogP contribution is 2.49. The molecule has 2 saturated carbocycles. The van der Waals surface area contributed by atoms with E-state index in [4.69, 9.17) is 11.6 Å². The van der Waals surface area contributed by atoms with Crippen molar-refractivity contribution in [3.8, 4) is 16.8 Å². The second-order valence-electron chi connectivity index (χ2n) is 7.73. The van der Waals surface area contributed by atoms with Crippen molar-refractivity contribution in [2.75, 3.05) is 0 Å². The first-order chi connectivity index (χ1) is 13.7. The average Bonchev–Trinajstić information content (AvgIpc) is 3.49. The third-order valence-corrected chi connectivity index (χ3v) is 8.45. The maximum Gasteiger partial charge on any atom is 0.245 e. The van der Waals surface area contributed by atoms with E-state index in [0.29, 0.717) is 28.6 Å². The molecule has 0 unspecified atom stereocenters. The summed E-state index contributed by atoms with van der Waals surface area (Å²) in [7, 11) is -4.12. The minimum Gasteiger partial charge on any atom is -0.295 e. The molecule has 0 radical (unpaired) electrons. The van der Waals surface area contributed by atoms with E-state index in [-0.39, 0.29) is 10.7 Å². The van der Waals surface area contributed by atoms with E-state index in [1.807, 2.05) is 0 Å². The van der Waals surface area contributed by atoms with Crippen molar-refractivity contribution < 1.29 is 12.8 Å². The van der Waals surface area contributed by atoms with E-state index in [9.17, 15) is 18.1 Å². The molecule has 0 amide bonds. The summed E-state index contributed by atoms with van der Waals surface area (Å²) in [6.07, 6.45) is 5.43. The molecule has 0 spiro atoms. The second-order valence-corrected chi connectivity index (χ2v) is 10.7. The summed E-state index contributed by atoms with van der Waals surface area (Å²) in [5.41, 5.74) is -0.644. The second kappa shape index (κ2) is 5.95. The van der Waals surface area contributed by atoms with E-state index in [1.165, 1.54) is 21.9 Å². The molecule has 0 bridgehead atoms. The van der Waals surface area contributed by atoms with Crippen LogP contribution in [0.25, 0.3) is 16.3 Å². The van der Waals surface area contributed by atoms with Crippen molar-refractivity contribution >= 4 is 38.6 Å². The molecular formula is C17H14ClFN6O2S2. The number of sulfonamides is 1. The molecule has 0 saturated heterocycles. The third kappa shape index (κ3) is 2.93. The van der Waals surface area contributed by atoms with Crippen LogP contribution in [0.2, 0.25) is 5.02 Å². The van der Waals surface area contributed by atoms with E-state index in [1.54, 1.807) is 6.92 Å². The van der Waals surface area contributed by atoms with Gasteiger partial charge in [-0.3, -0.25) is 4.40 Å². The van der Waals surface area contributed by atoms with Crippen LogP contribution < -0.4 is 4.72 Å². The van der Waals surface area contributed by atoms with Crippen LogP contribution in [-0.4, -0.2) is 33.5 Å². The number of rotatable bonds is 5. The van der Waals surface area contributed by atoms with Crippen molar-refractivity contribution in [2.45, 2.75) is 48.5 Å². The van der Waals surface area contributed by atoms with Gasteiger partial charge in [-0.25, -0.2) is 22.5 Å². The summed E-state index contributed by atoms with van der Waals surface area (Å²) in [4.78, 5) is 3.57. The summed E-state index contributed by atoms with van der Waals surface area (Å²) in [5, 5.41) is 18.3. The monoisotopic (exact) mass is 452 g/mol. The number of fused-ring (bicyclic) bond motifs is 1. The van der Waals surface area contributed by atoms with Crippen molar-refractivity contribution in [3.63, 3.8) is 0 Å². The Labute approximate surface area is 174 Å². The fourth-order valence-corrected chi connectivity index (χ4v) is 5.96. The van der Waals surface area contributed by atoms with E-state index >= 15 is 0 Å². The van der Waals surface area contributed by atoms with Crippen LogP contribution in [0.4, 0.5) is 4.39 Å². The fraction of sp³-hybridized carbons (Fsp3) is 0.412. The lowest BCUT2D eigenvalue weighted by molar-refractivity contribution is 0.539. The summed E-state index contributed by atoms with van der Waals surface area (Å²) in [6, 6.07) is 2.26. The van der Waals surface area contributed by atoms with Crippen LogP contribution in [0.3, 0.4) is 0 Å². The maximum atomic E-state index is 14.8. The number of hydrogen-bond acceptors (Lipinski definition) is 7. The molecule has 2 aliphatic rings. The molecule has 12 heteroatoms. The number of imidazole rings is 1. The lowest BCUT2D eigenvalue weighted by Crippen LogP contribution is -2.35. The van der Waals surface area contributed by atoms with Gasteiger partial charge in [0.2, 0.25) is 10.0 Å². The fourth-order valence-electron chi connectivity index (χ4n) is 3.07. The zero-order chi connectivity index (χ0) is 20.6. The third-order valence-electron chi connectivity index (χ3n) is 5.34. The molecule has 2 fully saturated rings. The van der Waals surface area contributed by atoms with Gasteiger partial charge in [-0.2, -0.15) is 5.26 Å². The van der Waals surface area contributed by atoms with Crippen LogP contribution in [0, 0.1) is 17.1 Å². The molecule has 8 nitrogen and oxygen atoms in total. The number of halogens is 2. The van der Waals surface area contributed by atoms with Crippen molar-refractivity contribution in [2.24, 2.45) is 0 Å². The van der Waals surface area contributed by atoms with Crippen molar-refractivity contribution in [3.05, 3.63) is 28.2 Å². The number of aromatic nitrogens is 4.